The lowest BCUT2D eigenvalue weighted by Gasteiger charge is -2.05. The predicted octanol–water partition coefficient (Wildman–Crippen LogP) is 3.49. The van der Waals surface area contributed by atoms with Crippen LogP contribution >= 0.6 is 0 Å². The second-order valence-electron chi connectivity index (χ2n) is 6.13. The molecule has 1 amide bonds. The van der Waals surface area contributed by atoms with E-state index in [1.54, 1.807) is 18.3 Å². The van der Waals surface area contributed by atoms with E-state index in [9.17, 15) is 9.18 Å². The first-order valence-corrected chi connectivity index (χ1v) is 8.61. The van der Waals surface area contributed by atoms with E-state index in [0.717, 1.165) is 30.4 Å². The summed E-state index contributed by atoms with van der Waals surface area (Å²) in [6.07, 6.45) is 5.91. The summed E-state index contributed by atoms with van der Waals surface area (Å²) < 4.78 is 15.3. The molecule has 0 saturated carbocycles. The SMILES string of the molecule is CCCn1cc(CCNC(=O)Cc2cccc(F)c2)c2cccnc21. The van der Waals surface area contributed by atoms with Crippen molar-refractivity contribution in [3.05, 3.63) is 65.7 Å². The molecular weight excluding hydrogens is 317 g/mol. The molecule has 25 heavy (non-hydrogen) atoms. The summed E-state index contributed by atoms with van der Waals surface area (Å²) in [7, 11) is 0. The molecule has 0 atom stereocenters. The third-order valence-corrected chi connectivity index (χ3v) is 4.15. The molecular formula is C20H22FN3O. The maximum absolute atomic E-state index is 13.2. The monoisotopic (exact) mass is 339 g/mol. The number of aryl methyl sites for hydroxylation is 1. The van der Waals surface area contributed by atoms with Crippen molar-refractivity contribution in [3.8, 4) is 0 Å². The molecule has 0 spiro atoms. The van der Waals surface area contributed by atoms with Crippen molar-refractivity contribution in [2.45, 2.75) is 32.7 Å². The Morgan fingerprint density at radius 2 is 2.16 bits per heavy atom. The van der Waals surface area contributed by atoms with Crippen LogP contribution in [0.25, 0.3) is 11.0 Å². The lowest BCUT2D eigenvalue weighted by atomic mass is 10.1. The average Bonchev–Trinajstić information content (AvgIpc) is 2.94. The van der Waals surface area contributed by atoms with E-state index in [4.69, 9.17) is 0 Å². The van der Waals surface area contributed by atoms with E-state index in [-0.39, 0.29) is 18.1 Å². The molecule has 0 radical (unpaired) electrons. The number of benzene rings is 1. The number of aromatic nitrogens is 2. The second kappa shape index (κ2) is 7.92. The summed E-state index contributed by atoms with van der Waals surface area (Å²) in [4.78, 5) is 16.5. The molecule has 3 rings (SSSR count). The van der Waals surface area contributed by atoms with E-state index >= 15 is 0 Å². The van der Waals surface area contributed by atoms with E-state index < -0.39 is 0 Å². The standard InChI is InChI=1S/C20H22FN3O/c1-2-11-24-14-16(18-7-4-9-23-20(18)24)8-10-22-19(25)13-15-5-3-6-17(21)12-15/h3-7,9,12,14H,2,8,10-11,13H2,1H3,(H,22,25). The summed E-state index contributed by atoms with van der Waals surface area (Å²) >= 11 is 0. The Labute approximate surface area is 146 Å². The Morgan fingerprint density at radius 3 is 2.96 bits per heavy atom. The molecule has 2 aromatic heterocycles. The zero-order valence-corrected chi connectivity index (χ0v) is 14.3. The number of nitrogens with one attached hydrogen (secondary N) is 1. The summed E-state index contributed by atoms with van der Waals surface area (Å²) in [5.74, 6) is -0.414. The molecule has 0 saturated heterocycles. The number of hydrogen-bond donors (Lipinski definition) is 1. The Hall–Kier alpha value is -2.69. The van der Waals surface area contributed by atoms with Crippen LogP contribution in [0.4, 0.5) is 4.39 Å². The fourth-order valence-electron chi connectivity index (χ4n) is 3.04. The summed E-state index contributed by atoms with van der Waals surface area (Å²) in [5.41, 5.74) is 2.86. The molecule has 0 aliphatic carbocycles. The van der Waals surface area contributed by atoms with Crippen molar-refractivity contribution in [2.24, 2.45) is 0 Å². The molecule has 2 heterocycles. The molecule has 0 fully saturated rings. The van der Waals surface area contributed by atoms with Gasteiger partial charge in [-0.05, 0) is 48.2 Å². The van der Waals surface area contributed by atoms with Crippen molar-refractivity contribution in [3.63, 3.8) is 0 Å². The number of fused-ring (bicyclic) bond motifs is 1. The Balaban J connectivity index is 1.60. The first kappa shape index (κ1) is 17.1. The minimum absolute atomic E-state index is 0.0963. The topological polar surface area (TPSA) is 46.9 Å². The van der Waals surface area contributed by atoms with Crippen LogP contribution in [0.15, 0.2) is 48.8 Å². The van der Waals surface area contributed by atoms with Gasteiger partial charge in [-0.25, -0.2) is 9.37 Å². The zero-order valence-electron chi connectivity index (χ0n) is 14.3. The first-order valence-electron chi connectivity index (χ1n) is 8.61. The van der Waals surface area contributed by atoms with Crippen molar-refractivity contribution >= 4 is 16.9 Å². The van der Waals surface area contributed by atoms with Gasteiger partial charge in [-0.15, -0.1) is 0 Å². The molecule has 5 heteroatoms. The van der Waals surface area contributed by atoms with Crippen LogP contribution < -0.4 is 5.32 Å². The summed E-state index contributed by atoms with van der Waals surface area (Å²) in [6, 6.07) is 10.1. The highest BCUT2D eigenvalue weighted by molar-refractivity contribution is 5.81. The van der Waals surface area contributed by atoms with Gasteiger partial charge in [0.15, 0.2) is 0 Å². The summed E-state index contributed by atoms with van der Waals surface area (Å²) in [5, 5.41) is 4.05. The lowest BCUT2D eigenvalue weighted by molar-refractivity contribution is -0.120. The highest BCUT2D eigenvalue weighted by atomic mass is 19.1. The quantitative estimate of drug-likeness (QED) is 0.716. The van der Waals surface area contributed by atoms with Crippen LogP contribution in [0.2, 0.25) is 0 Å². The molecule has 0 aliphatic rings. The predicted molar refractivity (Wildman–Crippen MR) is 96.8 cm³/mol. The fraction of sp³-hybridized carbons (Fsp3) is 0.300. The number of amides is 1. The number of hydrogen-bond acceptors (Lipinski definition) is 2. The van der Waals surface area contributed by atoms with Gasteiger partial charge in [0, 0.05) is 30.9 Å². The average molecular weight is 339 g/mol. The van der Waals surface area contributed by atoms with Crippen LogP contribution in [0, 0.1) is 5.82 Å². The minimum Gasteiger partial charge on any atom is -0.355 e. The Kier molecular flexibility index (Phi) is 5.43. The molecule has 0 aliphatic heterocycles. The smallest absolute Gasteiger partial charge is 0.224 e. The third kappa shape index (κ3) is 4.24. The van der Waals surface area contributed by atoms with Crippen molar-refractivity contribution in [2.75, 3.05) is 6.54 Å². The van der Waals surface area contributed by atoms with Gasteiger partial charge in [0.05, 0.1) is 6.42 Å². The first-order chi connectivity index (χ1) is 12.2. The highest BCUT2D eigenvalue weighted by Crippen LogP contribution is 2.20. The fourth-order valence-corrected chi connectivity index (χ4v) is 3.04. The third-order valence-electron chi connectivity index (χ3n) is 4.15. The van der Waals surface area contributed by atoms with E-state index in [0.29, 0.717) is 12.1 Å². The van der Waals surface area contributed by atoms with Crippen LogP contribution in [0.1, 0.15) is 24.5 Å². The molecule has 0 bridgehead atoms. The highest BCUT2D eigenvalue weighted by Gasteiger charge is 2.09. The lowest BCUT2D eigenvalue weighted by Crippen LogP contribution is -2.27. The van der Waals surface area contributed by atoms with Crippen molar-refractivity contribution < 1.29 is 9.18 Å². The number of rotatable bonds is 7. The number of halogens is 1. The van der Waals surface area contributed by atoms with Gasteiger partial charge in [0.25, 0.3) is 0 Å². The van der Waals surface area contributed by atoms with Gasteiger partial charge in [-0.3, -0.25) is 4.79 Å². The number of carbonyl (C=O) groups excluding carboxylic acids is 1. The van der Waals surface area contributed by atoms with Gasteiger partial charge in [0.2, 0.25) is 5.91 Å². The Morgan fingerprint density at radius 1 is 1.28 bits per heavy atom. The molecule has 4 nitrogen and oxygen atoms in total. The molecule has 1 aromatic carbocycles. The largest absolute Gasteiger partial charge is 0.355 e. The minimum atomic E-state index is -0.318. The Bertz CT molecular complexity index is 872. The van der Waals surface area contributed by atoms with Crippen LogP contribution in [0.5, 0.6) is 0 Å². The van der Waals surface area contributed by atoms with Gasteiger partial charge >= 0.3 is 0 Å². The molecule has 0 unspecified atom stereocenters. The molecule has 130 valence electrons. The van der Waals surface area contributed by atoms with Gasteiger partial charge in [0.1, 0.15) is 11.5 Å². The summed E-state index contributed by atoms with van der Waals surface area (Å²) in [6.45, 7) is 3.62. The normalized spacial score (nSPS) is 11.0. The van der Waals surface area contributed by atoms with Crippen LogP contribution in [-0.2, 0) is 24.2 Å². The number of pyridine rings is 1. The van der Waals surface area contributed by atoms with Crippen molar-refractivity contribution in [1.29, 1.82) is 0 Å². The number of nitrogens with zero attached hydrogens (tertiary/aromatic N) is 2. The number of carbonyl (C=O) groups is 1. The van der Waals surface area contributed by atoms with E-state index in [2.05, 4.69) is 34.1 Å². The maximum atomic E-state index is 13.2. The zero-order chi connectivity index (χ0) is 17.6. The van der Waals surface area contributed by atoms with Crippen LogP contribution in [0.3, 0.4) is 0 Å². The van der Waals surface area contributed by atoms with Crippen molar-refractivity contribution in [1.82, 2.24) is 14.9 Å². The van der Waals surface area contributed by atoms with Gasteiger partial charge in [-0.1, -0.05) is 19.1 Å². The van der Waals surface area contributed by atoms with Crippen LogP contribution in [-0.4, -0.2) is 22.0 Å². The van der Waals surface area contributed by atoms with E-state index in [1.165, 1.54) is 17.7 Å². The van der Waals surface area contributed by atoms with E-state index in [1.807, 2.05) is 6.07 Å². The molecule has 3 aromatic rings. The van der Waals surface area contributed by atoms with Gasteiger partial charge in [-0.2, -0.15) is 0 Å². The maximum Gasteiger partial charge on any atom is 0.224 e. The van der Waals surface area contributed by atoms with Gasteiger partial charge < -0.3 is 9.88 Å². The molecule has 1 N–H and O–H groups in total. The second-order valence-corrected chi connectivity index (χ2v) is 6.13.